The van der Waals surface area contributed by atoms with Crippen LogP contribution >= 0.6 is 31.9 Å². The minimum atomic E-state index is -0.373. The van der Waals surface area contributed by atoms with Gasteiger partial charge in [-0.1, -0.05) is 31.9 Å². The molecular formula is C20H32Br2N2O7. The van der Waals surface area contributed by atoms with Crippen LogP contribution in [-0.4, -0.2) is 83.4 Å². The van der Waals surface area contributed by atoms with Crippen LogP contribution in [-0.2, 0) is 33.4 Å². The van der Waals surface area contributed by atoms with E-state index < -0.39 is 0 Å². The number of fused-ring (bicyclic) bond motifs is 1. The van der Waals surface area contributed by atoms with Crippen LogP contribution in [0, 0.1) is 0 Å². The van der Waals surface area contributed by atoms with Crippen molar-refractivity contribution in [2.24, 2.45) is 0 Å². The quantitative estimate of drug-likeness (QED) is 0.254. The fourth-order valence-electron chi connectivity index (χ4n) is 3.37. The average molecular weight is 572 g/mol. The SMILES string of the molecule is CCOC(=O)[C@H](Br)CC[C@H](Br)C(=O)OCC.CCOC(=O)[C@H]1CC[C@H]2C(=O)NCCN12. The first-order chi connectivity index (χ1) is 14.8. The van der Waals surface area contributed by atoms with E-state index in [4.69, 9.17) is 14.2 Å². The lowest BCUT2D eigenvalue weighted by Gasteiger charge is -2.32. The molecule has 2 saturated heterocycles. The summed E-state index contributed by atoms with van der Waals surface area (Å²) in [6.07, 6.45) is 2.54. The molecule has 9 nitrogen and oxygen atoms in total. The highest BCUT2D eigenvalue weighted by atomic mass is 79.9. The third-order valence-corrected chi connectivity index (χ3v) is 6.47. The van der Waals surface area contributed by atoms with Crippen molar-refractivity contribution < 1.29 is 33.4 Å². The van der Waals surface area contributed by atoms with E-state index in [-0.39, 0.29) is 45.6 Å². The van der Waals surface area contributed by atoms with Gasteiger partial charge in [0.05, 0.1) is 25.9 Å². The first-order valence-corrected chi connectivity index (χ1v) is 12.4. The number of carbonyl (C=O) groups excluding carboxylic acids is 4. The summed E-state index contributed by atoms with van der Waals surface area (Å²) in [5, 5.41) is 2.81. The molecule has 2 fully saturated rings. The Hall–Kier alpha value is -1.20. The number of nitrogens with zero attached hydrogens (tertiary/aromatic N) is 1. The van der Waals surface area contributed by atoms with Crippen LogP contribution in [0.5, 0.6) is 0 Å². The minimum Gasteiger partial charge on any atom is -0.465 e. The lowest BCUT2D eigenvalue weighted by Crippen LogP contribution is -2.55. The highest BCUT2D eigenvalue weighted by molar-refractivity contribution is 9.10. The van der Waals surface area contributed by atoms with Crippen molar-refractivity contribution in [3.8, 4) is 0 Å². The van der Waals surface area contributed by atoms with E-state index in [9.17, 15) is 19.2 Å². The molecule has 2 rings (SSSR count). The Bertz CT molecular complexity index is 596. The third-order valence-electron chi connectivity index (χ3n) is 4.80. The van der Waals surface area contributed by atoms with E-state index in [1.807, 2.05) is 4.90 Å². The van der Waals surface area contributed by atoms with Gasteiger partial charge in [0.25, 0.3) is 0 Å². The highest BCUT2D eigenvalue weighted by Gasteiger charge is 2.43. The first kappa shape index (κ1) is 27.8. The molecule has 0 spiro atoms. The molecular weight excluding hydrogens is 540 g/mol. The van der Waals surface area contributed by atoms with Gasteiger partial charge in [-0.05, 0) is 46.5 Å². The topological polar surface area (TPSA) is 111 Å². The summed E-state index contributed by atoms with van der Waals surface area (Å²) in [7, 11) is 0. The summed E-state index contributed by atoms with van der Waals surface area (Å²) in [6.45, 7) is 7.80. The number of esters is 3. The Labute approximate surface area is 200 Å². The molecule has 0 aliphatic carbocycles. The number of carbonyl (C=O) groups is 4. The van der Waals surface area contributed by atoms with Gasteiger partial charge in [-0.25, -0.2) is 0 Å². The molecule has 1 amide bonds. The molecule has 1 N–H and O–H groups in total. The maximum absolute atomic E-state index is 11.6. The molecule has 178 valence electrons. The summed E-state index contributed by atoms with van der Waals surface area (Å²) < 4.78 is 14.7. The molecule has 0 unspecified atom stereocenters. The molecule has 11 heteroatoms. The van der Waals surface area contributed by atoms with Crippen LogP contribution in [0.3, 0.4) is 0 Å². The van der Waals surface area contributed by atoms with Gasteiger partial charge >= 0.3 is 17.9 Å². The zero-order chi connectivity index (χ0) is 23.4. The molecule has 0 aromatic carbocycles. The van der Waals surface area contributed by atoms with Crippen molar-refractivity contribution >= 4 is 55.7 Å². The monoisotopic (exact) mass is 570 g/mol. The normalized spacial score (nSPS) is 22.2. The number of ether oxygens (including phenoxy) is 3. The lowest BCUT2D eigenvalue weighted by atomic mass is 10.2. The van der Waals surface area contributed by atoms with Crippen LogP contribution in [0.4, 0.5) is 0 Å². The molecule has 0 aromatic rings. The van der Waals surface area contributed by atoms with E-state index in [0.717, 1.165) is 19.4 Å². The molecule has 0 saturated carbocycles. The Morgan fingerprint density at radius 3 is 1.97 bits per heavy atom. The number of piperazine rings is 1. The summed E-state index contributed by atoms with van der Waals surface area (Å²) in [4.78, 5) is 46.8. The van der Waals surface area contributed by atoms with Gasteiger partial charge in [0.15, 0.2) is 0 Å². The Kier molecular flexibility index (Phi) is 13.3. The van der Waals surface area contributed by atoms with Crippen molar-refractivity contribution in [3.63, 3.8) is 0 Å². The second-order valence-electron chi connectivity index (χ2n) is 6.91. The Balaban J connectivity index is 0.000000310. The Morgan fingerprint density at radius 2 is 1.48 bits per heavy atom. The van der Waals surface area contributed by atoms with E-state index in [0.29, 0.717) is 39.2 Å². The summed E-state index contributed by atoms with van der Waals surface area (Å²) >= 11 is 6.43. The smallest absolute Gasteiger partial charge is 0.323 e. The van der Waals surface area contributed by atoms with Crippen molar-refractivity contribution in [1.82, 2.24) is 10.2 Å². The molecule has 2 aliphatic heterocycles. The van der Waals surface area contributed by atoms with Gasteiger partial charge in [-0.15, -0.1) is 0 Å². The summed E-state index contributed by atoms with van der Waals surface area (Å²) in [6, 6.07) is -0.325. The zero-order valence-electron chi connectivity index (χ0n) is 18.2. The molecule has 0 bridgehead atoms. The van der Waals surface area contributed by atoms with Gasteiger partial charge in [0.1, 0.15) is 15.7 Å². The predicted molar refractivity (Wildman–Crippen MR) is 121 cm³/mol. The standard InChI is InChI=1S/C10H16Br2O4.C10H16N2O3/c1-3-15-9(13)7(11)5-6-8(12)10(14)16-4-2;1-2-15-10(14)8-4-3-7-9(13)11-5-6-12(7)8/h7-8H,3-6H2,1-2H3;7-8H,2-6H2,1H3,(H,11,13)/t2*7-,8+/m.0/s1. The van der Waals surface area contributed by atoms with Gasteiger partial charge < -0.3 is 19.5 Å². The van der Waals surface area contributed by atoms with Crippen LogP contribution in [0.1, 0.15) is 46.5 Å². The van der Waals surface area contributed by atoms with E-state index >= 15 is 0 Å². The largest absolute Gasteiger partial charge is 0.465 e. The molecule has 0 radical (unpaired) electrons. The van der Waals surface area contributed by atoms with Crippen molar-refractivity contribution in [2.45, 2.75) is 68.2 Å². The minimum absolute atomic E-state index is 0.0491. The summed E-state index contributed by atoms with van der Waals surface area (Å²) in [5.41, 5.74) is 0. The van der Waals surface area contributed by atoms with Crippen molar-refractivity contribution in [2.75, 3.05) is 32.9 Å². The molecule has 31 heavy (non-hydrogen) atoms. The molecule has 4 atom stereocenters. The third kappa shape index (κ3) is 9.05. The number of hydrogen-bond acceptors (Lipinski definition) is 8. The van der Waals surface area contributed by atoms with Crippen molar-refractivity contribution in [1.29, 1.82) is 0 Å². The second-order valence-corrected chi connectivity index (χ2v) is 9.12. The van der Waals surface area contributed by atoms with Gasteiger partial charge in [-0.2, -0.15) is 0 Å². The first-order valence-electron chi connectivity index (χ1n) is 10.6. The molecule has 2 aliphatic rings. The fraction of sp³-hybridized carbons (Fsp3) is 0.800. The number of nitrogens with one attached hydrogen (secondary N) is 1. The van der Waals surface area contributed by atoms with Crippen LogP contribution in [0.2, 0.25) is 0 Å². The number of hydrogen-bond donors (Lipinski definition) is 1. The van der Waals surface area contributed by atoms with E-state index in [2.05, 4.69) is 37.2 Å². The van der Waals surface area contributed by atoms with Gasteiger partial charge in [-0.3, -0.25) is 24.1 Å². The average Bonchev–Trinajstić information content (AvgIpc) is 3.18. The second kappa shape index (κ2) is 14.8. The Morgan fingerprint density at radius 1 is 0.968 bits per heavy atom. The summed E-state index contributed by atoms with van der Waals surface area (Å²) in [5.74, 6) is -0.736. The van der Waals surface area contributed by atoms with Crippen LogP contribution in [0.15, 0.2) is 0 Å². The van der Waals surface area contributed by atoms with E-state index in [1.54, 1.807) is 20.8 Å². The maximum atomic E-state index is 11.6. The van der Waals surface area contributed by atoms with Gasteiger partial charge in [0.2, 0.25) is 5.91 Å². The predicted octanol–water partition coefficient (Wildman–Crippen LogP) is 1.93. The zero-order valence-corrected chi connectivity index (χ0v) is 21.4. The number of alkyl halides is 2. The maximum Gasteiger partial charge on any atom is 0.323 e. The fourth-order valence-corrected chi connectivity index (χ4v) is 4.16. The highest BCUT2D eigenvalue weighted by Crippen LogP contribution is 2.26. The molecule has 2 heterocycles. The lowest BCUT2D eigenvalue weighted by molar-refractivity contribution is -0.150. The van der Waals surface area contributed by atoms with Crippen LogP contribution in [0.25, 0.3) is 0 Å². The number of rotatable bonds is 9. The molecule has 0 aromatic heterocycles. The van der Waals surface area contributed by atoms with Crippen molar-refractivity contribution in [3.05, 3.63) is 0 Å². The number of halogens is 2. The number of amides is 1. The van der Waals surface area contributed by atoms with Gasteiger partial charge in [0, 0.05) is 13.1 Å². The van der Waals surface area contributed by atoms with Crippen LogP contribution < -0.4 is 5.32 Å². The van der Waals surface area contributed by atoms with E-state index in [1.165, 1.54) is 0 Å².